The molecule has 0 atom stereocenters. The number of rotatable bonds is 5. The third-order valence-corrected chi connectivity index (χ3v) is 3.80. The minimum absolute atomic E-state index is 0.00903. The Labute approximate surface area is 126 Å². The normalized spacial score (nSPS) is 10.8. The van der Waals surface area contributed by atoms with Crippen LogP contribution in [0.3, 0.4) is 0 Å². The van der Waals surface area contributed by atoms with Crippen LogP contribution in [0, 0.1) is 6.92 Å². The molecule has 0 bridgehead atoms. The van der Waals surface area contributed by atoms with E-state index in [4.69, 9.17) is 0 Å². The van der Waals surface area contributed by atoms with Crippen LogP contribution >= 0.6 is 15.9 Å². The van der Waals surface area contributed by atoms with Crippen molar-refractivity contribution in [3.05, 3.63) is 34.3 Å². The number of carbonyl (C=O) groups is 1. The average molecular weight is 340 g/mol. The molecule has 6 nitrogen and oxygen atoms in total. The Hall–Kier alpha value is -1.63. The van der Waals surface area contributed by atoms with Crippen LogP contribution in [0.5, 0.6) is 0 Å². The Bertz CT molecular complexity index is 604. The Morgan fingerprint density at radius 1 is 1.50 bits per heavy atom. The molecule has 0 saturated carbocycles. The number of aryl methyl sites for hydroxylation is 2. The predicted molar refractivity (Wildman–Crippen MR) is 79.0 cm³/mol. The molecule has 0 aliphatic carbocycles. The summed E-state index contributed by atoms with van der Waals surface area (Å²) in [5, 5.41) is 8.54. The second-order valence-electron chi connectivity index (χ2n) is 4.66. The Kier molecular flexibility index (Phi) is 4.59. The zero-order valence-corrected chi connectivity index (χ0v) is 13.5. The van der Waals surface area contributed by atoms with E-state index in [9.17, 15) is 4.79 Å². The van der Waals surface area contributed by atoms with Crippen LogP contribution in [-0.2, 0) is 24.4 Å². The Balaban J connectivity index is 2.00. The van der Waals surface area contributed by atoms with E-state index in [1.165, 1.54) is 0 Å². The van der Waals surface area contributed by atoms with Crippen molar-refractivity contribution in [2.24, 2.45) is 0 Å². The summed E-state index contributed by atoms with van der Waals surface area (Å²) in [5.41, 5.74) is 1.84. The van der Waals surface area contributed by atoms with E-state index in [1.807, 2.05) is 30.8 Å². The first-order valence-electron chi connectivity index (χ1n) is 6.45. The first-order chi connectivity index (χ1) is 9.51. The second kappa shape index (κ2) is 6.21. The lowest BCUT2D eigenvalue weighted by molar-refractivity contribution is -0.131. The van der Waals surface area contributed by atoms with Crippen molar-refractivity contribution in [2.75, 3.05) is 7.05 Å². The quantitative estimate of drug-likeness (QED) is 0.834. The highest BCUT2D eigenvalue weighted by Crippen LogP contribution is 2.16. The summed E-state index contributed by atoms with van der Waals surface area (Å²) in [6.45, 7) is 5.50. The number of hydrogen-bond acceptors (Lipinski definition) is 3. The third kappa shape index (κ3) is 3.27. The van der Waals surface area contributed by atoms with E-state index in [2.05, 4.69) is 26.1 Å². The standard InChI is InChI=1S/C13H18BrN5O/c1-4-18-7-11(14)12(16-18)8-17(3)13(20)9-19-10(2)5-6-15-19/h5-7H,4,8-9H2,1-3H3. The highest BCUT2D eigenvalue weighted by molar-refractivity contribution is 9.10. The number of nitrogens with zero attached hydrogens (tertiary/aromatic N) is 5. The molecule has 0 fully saturated rings. The minimum Gasteiger partial charge on any atom is -0.338 e. The zero-order chi connectivity index (χ0) is 14.7. The Morgan fingerprint density at radius 3 is 2.80 bits per heavy atom. The number of aromatic nitrogens is 4. The van der Waals surface area contributed by atoms with Crippen LogP contribution in [0.25, 0.3) is 0 Å². The fourth-order valence-electron chi connectivity index (χ4n) is 1.83. The highest BCUT2D eigenvalue weighted by atomic mass is 79.9. The summed E-state index contributed by atoms with van der Waals surface area (Å²) in [6, 6.07) is 1.88. The van der Waals surface area contributed by atoms with Gasteiger partial charge in [-0.1, -0.05) is 0 Å². The molecule has 0 aliphatic heterocycles. The van der Waals surface area contributed by atoms with Gasteiger partial charge < -0.3 is 4.90 Å². The van der Waals surface area contributed by atoms with Gasteiger partial charge in [0.1, 0.15) is 6.54 Å². The van der Waals surface area contributed by atoms with Crippen LogP contribution in [0.4, 0.5) is 0 Å². The van der Waals surface area contributed by atoms with Crippen LogP contribution in [0.2, 0.25) is 0 Å². The van der Waals surface area contributed by atoms with Crippen molar-refractivity contribution >= 4 is 21.8 Å². The summed E-state index contributed by atoms with van der Waals surface area (Å²) in [4.78, 5) is 13.8. The molecule has 0 aromatic carbocycles. The highest BCUT2D eigenvalue weighted by Gasteiger charge is 2.15. The molecule has 20 heavy (non-hydrogen) atoms. The number of hydrogen-bond donors (Lipinski definition) is 0. The molecule has 0 saturated heterocycles. The van der Waals surface area contributed by atoms with Crippen molar-refractivity contribution in [3.63, 3.8) is 0 Å². The van der Waals surface area contributed by atoms with Crippen molar-refractivity contribution in [2.45, 2.75) is 33.5 Å². The first-order valence-corrected chi connectivity index (χ1v) is 7.24. The van der Waals surface area contributed by atoms with Crippen LogP contribution in [0.1, 0.15) is 18.3 Å². The monoisotopic (exact) mass is 339 g/mol. The van der Waals surface area contributed by atoms with Crippen LogP contribution < -0.4 is 0 Å². The number of halogens is 1. The number of likely N-dealkylation sites (N-methyl/N-ethyl adjacent to an activating group) is 1. The van der Waals surface area contributed by atoms with Gasteiger partial charge in [0.15, 0.2) is 0 Å². The molecule has 2 aromatic heterocycles. The number of amides is 1. The predicted octanol–water partition coefficient (Wildman–Crippen LogP) is 1.83. The molecule has 0 N–H and O–H groups in total. The SMILES string of the molecule is CCn1cc(Br)c(CN(C)C(=O)Cn2nccc2C)n1. The van der Waals surface area contributed by atoms with E-state index in [0.717, 1.165) is 22.4 Å². The smallest absolute Gasteiger partial charge is 0.244 e. The second-order valence-corrected chi connectivity index (χ2v) is 5.51. The molecule has 1 amide bonds. The van der Waals surface area contributed by atoms with E-state index in [0.29, 0.717) is 6.54 Å². The van der Waals surface area contributed by atoms with Crippen LogP contribution in [0.15, 0.2) is 22.9 Å². The lowest BCUT2D eigenvalue weighted by Gasteiger charge is -2.16. The van der Waals surface area contributed by atoms with E-state index < -0.39 is 0 Å². The van der Waals surface area contributed by atoms with Gasteiger partial charge in [-0.15, -0.1) is 0 Å². The van der Waals surface area contributed by atoms with Crippen molar-refractivity contribution < 1.29 is 4.79 Å². The summed E-state index contributed by atoms with van der Waals surface area (Å²) < 4.78 is 4.46. The maximum atomic E-state index is 12.2. The number of carbonyl (C=O) groups excluding carboxylic acids is 1. The molecule has 0 unspecified atom stereocenters. The fourth-order valence-corrected chi connectivity index (χ4v) is 2.27. The topological polar surface area (TPSA) is 56.0 Å². The molecule has 0 spiro atoms. The zero-order valence-electron chi connectivity index (χ0n) is 11.9. The van der Waals surface area contributed by atoms with Gasteiger partial charge in [-0.05, 0) is 35.8 Å². The minimum atomic E-state index is 0.00903. The van der Waals surface area contributed by atoms with Gasteiger partial charge in [-0.25, -0.2) is 0 Å². The maximum absolute atomic E-state index is 12.2. The maximum Gasteiger partial charge on any atom is 0.244 e. The summed E-state index contributed by atoms with van der Waals surface area (Å²) in [5.74, 6) is 0.00903. The van der Waals surface area contributed by atoms with Gasteiger partial charge in [0.2, 0.25) is 5.91 Å². The summed E-state index contributed by atoms with van der Waals surface area (Å²) in [7, 11) is 1.78. The van der Waals surface area contributed by atoms with E-state index in [-0.39, 0.29) is 12.5 Å². The molecule has 2 aromatic rings. The lowest BCUT2D eigenvalue weighted by Crippen LogP contribution is -2.30. The van der Waals surface area contributed by atoms with Gasteiger partial charge in [-0.3, -0.25) is 14.2 Å². The third-order valence-electron chi connectivity index (χ3n) is 3.14. The largest absolute Gasteiger partial charge is 0.338 e. The van der Waals surface area contributed by atoms with Crippen molar-refractivity contribution in [1.82, 2.24) is 24.5 Å². The fraction of sp³-hybridized carbons (Fsp3) is 0.462. The van der Waals surface area contributed by atoms with Crippen molar-refractivity contribution in [1.29, 1.82) is 0 Å². The molecule has 2 heterocycles. The van der Waals surface area contributed by atoms with Crippen molar-refractivity contribution in [3.8, 4) is 0 Å². The van der Waals surface area contributed by atoms with Crippen LogP contribution in [-0.4, -0.2) is 37.4 Å². The van der Waals surface area contributed by atoms with Gasteiger partial charge in [0.25, 0.3) is 0 Å². The average Bonchev–Trinajstić information content (AvgIpc) is 2.97. The van der Waals surface area contributed by atoms with Gasteiger partial charge in [-0.2, -0.15) is 10.2 Å². The van der Waals surface area contributed by atoms with E-state index >= 15 is 0 Å². The molecular formula is C13H18BrN5O. The molecule has 0 radical (unpaired) electrons. The van der Waals surface area contributed by atoms with Gasteiger partial charge in [0.05, 0.1) is 16.7 Å². The molecule has 0 aliphatic rings. The van der Waals surface area contributed by atoms with E-state index in [1.54, 1.807) is 22.8 Å². The first kappa shape index (κ1) is 14.8. The lowest BCUT2D eigenvalue weighted by atomic mass is 10.4. The Morgan fingerprint density at radius 2 is 2.25 bits per heavy atom. The summed E-state index contributed by atoms with van der Waals surface area (Å²) in [6.07, 6.45) is 3.62. The molecular weight excluding hydrogens is 322 g/mol. The molecule has 2 rings (SSSR count). The van der Waals surface area contributed by atoms with Gasteiger partial charge in [0, 0.05) is 31.7 Å². The molecule has 7 heteroatoms. The van der Waals surface area contributed by atoms with Gasteiger partial charge >= 0.3 is 0 Å². The molecule has 108 valence electrons. The summed E-state index contributed by atoms with van der Waals surface area (Å²) >= 11 is 3.47.